The van der Waals surface area contributed by atoms with Crippen molar-refractivity contribution in [2.24, 2.45) is 0 Å². The molecule has 1 aliphatic rings. The quantitative estimate of drug-likeness (QED) is 0.326. The number of aryl methyl sites for hydroxylation is 2. The number of fused-ring (bicyclic) bond motifs is 1. The van der Waals surface area contributed by atoms with Gasteiger partial charge in [0, 0.05) is 31.1 Å². The van der Waals surface area contributed by atoms with Crippen molar-refractivity contribution in [2.75, 3.05) is 11.4 Å². The summed E-state index contributed by atoms with van der Waals surface area (Å²) in [5.74, 6) is 1.82. The third kappa shape index (κ3) is 4.02. The van der Waals surface area contributed by atoms with Gasteiger partial charge >= 0.3 is 0 Å². The summed E-state index contributed by atoms with van der Waals surface area (Å²) >= 11 is 0. The first-order chi connectivity index (χ1) is 16.5. The van der Waals surface area contributed by atoms with E-state index in [0.717, 1.165) is 46.6 Å². The second-order valence-electron chi connectivity index (χ2n) is 9.74. The van der Waals surface area contributed by atoms with E-state index in [1.165, 1.54) is 11.1 Å². The van der Waals surface area contributed by atoms with Gasteiger partial charge in [0.2, 0.25) is 5.91 Å². The number of imidazole rings is 1. The number of rotatable bonds is 6. The Kier molecular flexibility index (Phi) is 5.99. The standard InChI is InChI=1S/C30H33N3O/c1-5-20(2)24-15-13-23(14-16-24)18-32-27-12-7-6-11-26(27)31-30(32)25-17-28(34)33(19-25)29-21(3)9-8-10-22(29)4/h6-16,20,25H,5,17-19H2,1-4H3. The van der Waals surface area contributed by atoms with Gasteiger partial charge < -0.3 is 9.47 Å². The maximum atomic E-state index is 13.2. The third-order valence-electron chi connectivity index (χ3n) is 7.39. The fraction of sp³-hybridized carbons (Fsp3) is 0.333. The Morgan fingerprint density at radius 3 is 2.38 bits per heavy atom. The molecule has 2 atom stereocenters. The van der Waals surface area contributed by atoms with E-state index in [9.17, 15) is 4.79 Å². The zero-order valence-electron chi connectivity index (χ0n) is 20.6. The van der Waals surface area contributed by atoms with Crippen LogP contribution in [0.4, 0.5) is 5.69 Å². The van der Waals surface area contributed by atoms with Crippen LogP contribution in [0, 0.1) is 13.8 Å². The van der Waals surface area contributed by atoms with Crippen molar-refractivity contribution in [1.82, 2.24) is 9.55 Å². The molecule has 5 rings (SSSR count). The number of hydrogen-bond acceptors (Lipinski definition) is 2. The van der Waals surface area contributed by atoms with Crippen LogP contribution in [0.15, 0.2) is 66.7 Å². The van der Waals surface area contributed by atoms with Crippen LogP contribution in [-0.4, -0.2) is 22.0 Å². The number of aromatic nitrogens is 2. The van der Waals surface area contributed by atoms with E-state index in [1.807, 2.05) is 11.0 Å². The largest absolute Gasteiger partial charge is 0.323 e. The van der Waals surface area contributed by atoms with Gasteiger partial charge in [-0.1, -0.05) is 68.4 Å². The second kappa shape index (κ2) is 9.09. The van der Waals surface area contributed by atoms with E-state index >= 15 is 0 Å². The van der Waals surface area contributed by atoms with E-state index in [2.05, 4.69) is 92.9 Å². The number of carbonyl (C=O) groups excluding carboxylic acids is 1. The highest BCUT2D eigenvalue weighted by molar-refractivity contribution is 5.98. The number of nitrogens with zero attached hydrogens (tertiary/aromatic N) is 3. The SMILES string of the molecule is CCC(C)c1ccc(Cn2c(C3CC(=O)N(c4c(C)cccc4C)C3)nc3ccccc32)cc1. The van der Waals surface area contributed by atoms with Gasteiger partial charge in [0.15, 0.2) is 0 Å². The molecule has 34 heavy (non-hydrogen) atoms. The zero-order chi connectivity index (χ0) is 23.8. The summed E-state index contributed by atoms with van der Waals surface area (Å²) < 4.78 is 2.32. The molecule has 0 aliphatic carbocycles. The lowest BCUT2D eigenvalue weighted by atomic mass is 9.97. The van der Waals surface area contributed by atoms with Gasteiger partial charge in [-0.3, -0.25) is 4.79 Å². The summed E-state index contributed by atoms with van der Waals surface area (Å²) in [5, 5.41) is 0. The smallest absolute Gasteiger partial charge is 0.227 e. The van der Waals surface area contributed by atoms with Crippen LogP contribution < -0.4 is 4.90 Å². The Balaban J connectivity index is 1.50. The van der Waals surface area contributed by atoms with Gasteiger partial charge in [0.25, 0.3) is 0 Å². The van der Waals surface area contributed by atoms with E-state index in [1.54, 1.807) is 0 Å². The highest BCUT2D eigenvalue weighted by Crippen LogP contribution is 2.36. The molecular weight excluding hydrogens is 418 g/mol. The molecule has 0 radical (unpaired) electrons. The first-order valence-corrected chi connectivity index (χ1v) is 12.4. The van der Waals surface area contributed by atoms with Crippen molar-refractivity contribution in [3.05, 3.63) is 94.8 Å². The average molecular weight is 452 g/mol. The van der Waals surface area contributed by atoms with Crippen molar-refractivity contribution in [1.29, 1.82) is 0 Å². The van der Waals surface area contributed by atoms with Crippen LogP contribution in [-0.2, 0) is 11.3 Å². The van der Waals surface area contributed by atoms with Crippen LogP contribution in [0.25, 0.3) is 11.0 Å². The summed E-state index contributed by atoms with van der Waals surface area (Å²) in [6, 6.07) is 23.5. The van der Waals surface area contributed by atoms with E-state index < -0.39 is 0 Å². The van der Waals surface area contributed by atoms with E-state index in [0.29, 0.717) is 18.9 Å². The minimum Gasteiger partial charge on any atom is -0.323 e. The molecule has 1 saturated heterocycles. The van der Waals surface area contributed by atoms with Gasteiger partial charge in [-0.05, 0) is 60.6 Å². The molecule has 4 heteroatoms. The van der Waals surface area contributed by atoms with Gasteiger partial charge in [0.05, 0.1) is 11.0 Å². The number of hydrogen-bond donors (Lipinski definition) is 0. The monoisotopic (exact) mass is 451 g/mol. The highest BCUT2D eigenvalue weighted by Gasteiger charge is 2.36. The molecule has 3 aromatic carbocycles. The summed E-state index contributed by atoms with van der Waals surface area (Å²) in [6.07, 6.45) is 1.63. The van der Waals surface area contributed by atoms with Crippen LogP contribution in [0.1, 0.15) is 66.6 Å². The topological polar surface area (TPSA) is 38.1 Å². The Bertz CT molecular complexity index is 1310. The predicted octanol–water partition coefficient (Wildman–Crippen LogP) is 6.74. The molecular formula is C30H33N3O. The molecule has 2 heterocycles. The fourth-order valence-electron chi connectivity index (χ4n) is 5.27. The number of para-hydroxylation sites is 3. The Hall–Kier alpha value is -3.40. The maximum Gasteiger partial charge on any atom is 0.227 e. The predicted molar refractivity (Wildman–Crippen MR) is 140 cm³/mol. The van der Waals surface area contributed by atoms with Crippen molar-refractivity contribution < 1.29 is 4.79 Å². The lowest BCUT2D eigenvalue weighted by molar-refractivity contribution is -0.117. The van der Waals surface area contributed by atoms with Crippen molar-refractivity contribution in [3.8, 4) is 0 Å². The van der Waals surface area contributed by atoms with Crippen molar-refractivity contribution in [3.63, 3.8) is 0 Å². The summed E-state index contributed by atoms with van der Waals surface area (Å²) in [6.45, 7) is 10.1. The molecule has 0 bridgehead atoms. The van der Waals surface area contributed by atoms with E-state index in [4.69, 9.17) is 4.98 Å². The minimum absolute atomic E-state index is 0.0679. The molecule has 1 fully saturated rings. The maximum absolute atomic E-state index is 13.2. The summed E-state index contributed by atoms with van der Waals surface area (Å²) in [5.41, 5.74) is 8.10. The number of anilines is 1. The highest BCUT2D eigenvalue weighted by atomic mass is 16.2. The first-order valence-electron chi connectivity index (χ1n) is 12.4. The van der Waals surface area contributed by atoms with Crippen LogP contribution in [0.3, 0.4) is 0 Å². The van der Waals surface area contributed by atoms with Crippen molar-refractivity contribution >= 4 is 22.6 Å². The second-order valence-corrected chi connectivity index (χ2v) is 9.74. The first kappa shape index (κ1) is 22.4. The normalized spacial score (nSPS) is 17.0. The molecule has 174 valence electrons. The molecule has 0 saturated carbocycles. The van der Waals surface area contributed by atoms with Crippen LogP contribution >= 0.6 is 0 Å². The van der Waals surface area contributed by atoms with Gasteiger partial charge in [-0.2, -0.15) is 0 Å². The molecule has 1 amide bonds. The Labute approximate surface area is 202 Å². The summed E-state index contributed by atoms with van der Waals surface area (Å²) in [7, 11) is 0. The molecule has 1 aliphatic heterocycles. The average Bonchev–Trinajstić information content (AvgIpc) is 3.39. The van der Waals surface area contributed by atoms with E-state index in [-0.39, 0.29) is 11.8 Å². The fourth-order valence-corrected chi connectivity index (χ4v) is 5.27. The Morgan fingerprint density at radius 2 is 1.68 bits per heavy atom. The van der Waals surface area contributed by atoms with Crippen LogP contribution in [0.2, 0.25) is 0 Å². The lowest BCUT2D eigenvalue weighted by Crippen LogP contribution is -2.26. The molecule has 4 nitrogen and oxygen atoms in total. The van der Waals surface area contributed by atoms with Gasteiger partial charge in [0.1, 0.15) is 5.82 Å². The number of amides is 1. The van der Waals surface area contributed by atoms with Crippen LogP contribution in [0.5, 0.6) is 0 Å². The summed E-state index contributed by atoms with van der Waals surface area (Å²) in [4.78, 5) is 20.2. The molecule has 0 spiro atoms. The number of benzene rings is 3. The zero-order valence-corrected chi connectivity index (χ0v) is 20.6. The lowest BCUT2D eigenvalue weighted by Gasteiger charge is -2.21. The molecule has 1 aromatic heterocycles. The third-order valence-corrected chi connectivity index (χ3v) is 7.39. The van der Waals surface area contributed by atoms with Crippen molar-refractivity contribution in [2.45, 2.75) is 58.9 Å². The molecule has 0 N–H and O–H groups in total. The Morgan fingerprint density at radius 1 is 0.971 bits per heavy atom. The molecule has 4 aromatic rings. The molecule has 2 unspecified atom stereocenters. The van der Waals surface area contributed by atoms with Gasteiger partial charge in [-0.15, -0.1) is 0 Å². The minimum atomic E-state index is 0.0679. The number of carbonyl (C=O) groups is 1. The van der Waals surface area contributed by atoms with Gasteiger partial charge in [-0.25, -0.2) is 4.98 Å².